The Morgan fingerprint density at radius 3 is 2.47 bits per heavy atom. The minimum atomic E-state index is -4.03. The molecule has 1 aromatic heterocycles. The van der Waals surface area contributed by atoms with Gasteiger partial charge in [-0.2, -0.15) is 4.31 Å². The van der Waals surface area contributed by atoms with Gasteiger partial charge in [-0.25, -0.2) is 8.42 Å². The van der Waals surface area contributed by atoms with Crippen LogP contribution in [0.4, 0.5) is 5.69 Å². The molecule has 1 unspecified atom stereocenters. The van der Waals surface area contributed by atoms with Crippen LogP contribution >= 0.6 is 0 Å². The number of nitrogens with zero attached hydrogens (tertiary/aromatic N) is 2. The Hall–Kier alpha value is -3.17. The molecule has 32 heavy (non-hydrogen) atoms. The summed E-state index contributed by atoms with van der Waals surface area (Å²) in [7, 11) is -4.03. The highest BCUT2D eigenvalue weighted by molar-refractivity contribution is 7.89. The Balaban J connectivity index is 1.68. The summed E-state index contributed by atoms with van der Waals surface area (Å²) in [6.07, 6.45) is 0.266. The van der Waals surface area contributed by atoms with Crippen LogP contribution < -0.4 is 10.1 Å². The molecule has 1 amide bonds. The molecule has 0 fully saturated rings. The lowest BCUT2D eigenvalue weighted by Gasteiger charge is -2.34. The number of benzene rings is 2. The Morgan fingerprint density at radius 2 is 1.84 bits per heavy atom. The average Bonchev–Trinajstić information content (AvgIpc) is 3.13. The summed E-state index contributed by atoms with van der Waals surface area (Å²) >= 11 is 0. The molecule has 0 bridgehead atoms. The number of sulfonamides is 1. The van der Waals surface area contributed by atoms with E-state index in [0.29, 0.717) is 18.0 Å². The summed E-state index contributed by atoms with van der Waals surface area (Å²) in [5.74, 6) is 0.491. The van der Waals surface area contributed by atoms with Crippen molar-refractivity contribution >= 4 is 21.6 Å². The van der Waals surface area contributed by atoms with Crippen molar-refractivity contribution in [1.82, 2.24) is 9.46 Å². The lowest BCUT2D eigenvalue weighted by molar-refractivity contribution is -0.120. The maximum absolute atomic E-state index is 13.6. The van der Waals surface area contributed by atoms with E-state index in [-0.39, 0.29) is 29.3 Å². The van der Waals surface area contributed by atoms with E-state index < -0.39 is 22.0 Å². The van der Waals surface area contributed by atoms with Crippen LogP contribution in [0.1, 0.15) is 29.5 Å². The van der Waals surface area contributed by atoms with Gasteiger partial charge in [0.15, 0.2) is 5.76 Å². The zero-order chi connectivity index (χ0) is 22.9. The molecule has 2 heterocycles. The van der Waals surface area contributed by atoms with Gasteiger partial charge in [0, 0.05) is 12.2 Å². The number of anilines is 1. The van der Waals surface area contributed by atoms with Crippen LogP contribution in [0.15, 0.2) is 57.9 Å². The zero-order valence-electron chi connectivity index (χ0n) is 18.2. The highest BCUT2D eigenvalue weighted by Crippen LogP contribution is 2.32. The second kappa shape index (κ2) is 8.76. The van der Waals surface area contributed by atoms with Crippen LogP contribution in [-0.2, 0) is 27.8 Å². The highest BCUT2D eigenvalue weighted by Gasteiger charge is 2.42. The van der Waals surface area contributed by atoms with E-state index in [2.05, 4.69) is 10.5 Å². The van der Waals surface area contributed by atoms with E-state index in [1.54, 1.807) is 38.1 Å². The average molecular weight is 456 g/mol. The van der Waals surface area contributed by atoms with Gasteiger partial charge >= 0.3 is 0 Å². The van der Waals surface area contributed by atoms with Crippen molar-refractivity contribution in [2.45, 2.75) is 44.7 Å². The first-order chi connectivity index (χ1) is 15.3. The van der Waals surface area contributed by atoms with Gasteiger partial charge < -0.3 is 14.6 Å². The highest BCUT2D eigenvalue weighted by atomic mass is 32.2. The molecule has 1 N–H and O–H groups in total. The number of hydrogen-bond donors (Lipinski definition) is 1. The minimum Gasteiger partial charge on any atom is -0.494 e. The fourth-order valence-electron chi connectivity index (χ4n) is 3.96. The number of aromatic nitrogens is 1. The maximum atomic E-state index is 13.6. The quantitative estimate of drug-likeness (QED) is 0.611. The van der Waals surface area contributed by atoms with E-state index in [0.717, 1.165) is 11.1 Å². The number of carbonyl (C=O) groups is 1. The largest absolute Gasteiger partial charge is 0.494 e. The van der Waals surface area contributed by atoms with Gasteiger partial charge in [0.2, 0.25) is 15.9 Å². The Labute approximate surface area is 187 Å². The van der Waals surface area contributed by atoms with E-state index in [9.17, 15) is 13.2 Å². The van der Waals surface area contributed by atoms with Gasteiger partial charge in [-0.15, -0.1) is 0 Å². The summed E-state index contributed by atoms with van der Waals surface area (Å²) in [5.41, 5.74) is 2.65. The topological polar surface area (TPSA) is 102 Å². The van der Waals surface area contributed by atoms with Gasteiger partial charge in [0.1, 0.15) is 22.4 Å². The number of aryl methyl sites for hydroxylation is 2. The molecule has 2 aromatic carbocycles. The van der Waals surface area contributed by atoms with Gasteiger partial charge in [0.25, 0.3) is 0 Å². The number of hydrogen-bond acceptors (Lipinski definition) is 6. The molecule has 168 valence electrons. The molecule has 1 atom stereocenters. The summed E-state index contributed by atoms with van der Waals surface area (Å²) in [4.78, 5) is 13.3. The lowest BCUT2D eigenvalue weighted by Crippen LogP contribution is -2.50. The molecular formula is C23H25N3O5S. The van der Waals surface area contributed by atoms with Crippen LogP contribution in [0.25, 0.3) is 0 Å². The number of nitrogens with one attached hydrogen (secondary N) is 1. The molecule has 0 spiro atoms. The van der Waals surface area contributed by atoms with Crippen LogP contribution in [0.5, 0.6) is 5.75 Å². The Morgan fingerprint density at radius 1 is 1.16 bits per heavy atom. The third kappa shape index (κ3) is 4.13. The molecule has 8 nitrogen and oxygen atoms in total. The molecule has 3 aromatic rings. The maximum Gasteiger partial charge on any atom is 0.249 e. The van der Waals surface area contributed by atoms with Gasteiger partial charge in [-0.3, -0.25) is 4.79 Å². The molecule has 0 radical (unpaired) electrons. The number of amides is 1. The van der Waals surface area contributed by atoms with Crippen molar-refractivity contribution in [1.29, 1.82) is 0 Å². The van der Waals surface area contributed by atoms with Crippen molar-refractivity contribution < 1.29 is 22.5 Å². The smallest absolute Gasteiger partial charge is 0.249 e. The summed E-state index contributed by atoms with van der Waals surface area (Å²) in [6.45, 7) is 5.66. The first-order valence-electron chi connectivity index (χ1n) is 10.4. The summed E-state index contributed by atoms with van der Waals surface area (Å²) in [5, 5.41) is 6.64. The molecule has 9 heteroatoms. The van der Waals surface area contributed by atoms with E-state index >= 15 is 0 Å². The third-order valence-corrected chi connectivity index (χ3v) is 7.58. The van der Waals surface area contributed by atoms with Crippen molar-refractivity contribution in [3.05, 3.63) is 71.1 Å². The van der Waals surface area contributed by atoms with Gasteiger partial charge in [-0.1, -0.05) is 29.4 Å². The number of ether oxygens (including phenoxy) is 1. The molecule has 1 aliphatic rings. The zero-order valence-corrected chi connectivity index (χ0v) is 19.0. The molecule has 0 aliphatic carbocycles. The Bertz CT molecular complexity index is 1220. The second-order valence-electron chi connectivity index (χ2n) is 7.64. The van der Waals surface area contributed by atoms with Gasteiger partial charge in [0.05, 0.1) is 6.61 Å². The standard InChI is InChI=1S/C23H25N3O5S/c1-4-30-20-11-9-19(10-12-20)24-23(27)21-13-17-7-5-6-8-18(17)14-26(21)32(28,29)22-15(2)25-31-16(22)3/h5-12,21H,4,13-14H2,1-3H3,(H,24,27). The van der Waals surface area contributed by atoms with Gasteiger partial charge in [-0.05, 0) is 62.6 Å². The van der Waals surface area contributed by atoms with E-state index in [4.69, 9.17) is 9.26 Å². The van der Waals surface area contributed by atoms with Crippen molar-refractivity contribution in [3.8, 4) is 5.75 Å². The van der Waals surface area contributed by atoms with Crippen LogP contribution in [0.3, 0.4) is 0 Å². The van der Waals surface area contributed by atoms with Crippen molar-refractivity contribution in [2.24, 2.45) is 0 Å². The fourth-order valence-corrected chi connectivity index (χ4v) is 5.82. The minimum absolute atomic E-state index is 0.00995. The normalized spacial score (nSPS) is 16.4. The predicted octanol–water partition coefficient (Wildman–Crippen LogP) is 3.44. The molecule has 0 saturated carbocycles. The number of rotatable bonds is 6. The third-order valence-electron chi connectivity index (χ3n) is 5.48. The molecule has 1 aliphatic heterocycles. The first-order valence-corrected chi connectivity index (χ1v) is 11.8. The van der Waals surface area contributed by atoms with Crippen LogP contribution in [0, 0.1) is 13.8 Å². The molecular weight excluding hydrogens is 430 g/mol. The number of carbonyl (C=O) groups excluding carboxylic acids is 1. The summed E-state index contributed by atoms with van der Waals surface area (Å²) < 4.78 is 39.0. The fraction of sp³-hybridized carbons (Fsp3) is 0.304. The van der Waals surface area contributed by atoms with Crippen molar-refractivity contribution in [3.63, 3.8) is 0 Å². The summed E-state index contributed by atoms with van der Waals surface area (Å²) in [6, 6.07) is 13.6. The number of fused-ring (bicyclic) bond motifs is 1. The lowest BCUT2D eigenvalue weighted by atomic mass is 9.95. The predicted molar refractivity (Wildman–Crippen MR) is 119 cm³/mol. The van der Waals surface area contributed by atoms with Crippen LogP contribution in [0.2, 0.25) is 0 Å². The monoisotopic (exact) mass is 455 g/mol. The molecule has 4 rings (SSSR count). The Kier molecular flexibility index (Phi) is 6.03. The van der Waals surface area contributed by atoms with Crippen LogP contribution in [-0.4, -0.2) is 36.4 Å². The van der Waals surface area contributed by atoms with E-state index in [1.165, 1.54) is 4.31 Å². The molecule has 0 saturated heterocycles. The first kappa shape index (κ1) is 22.0. The van der Waals surface area contributed by atoms with E-state index in [1.807, 2.05) is 31.2 Å². The SMILES string of the molecule is CCOc1ccc(NC(=O)C2Cc3ccccc3CN2S(=O)(=O)c2c(C)noc2C)cc1. The second-order valence-corrected chi connectivity index (χ2v) is 9.47. The van der Waals surface area contributed by atoms with Crippen molar-refractivity contribution in [2.75, 3.05) is 11.9 Å².